The SMILES string of the molecule is N=[SH]C(=O)C=Cc1ccccc1. The van der Waals surface area contributed by atoms with Gasteiger partial charge in [-0.2, -0.15) is 0 Å². The largest absolute Gasteiger partial charge is 0.282 e. The van der Waals surface area contributed by atoms with Crippen LogP contribution in [0.3, 0.4) is 0 Å². The number of nitrogens with one attached hydrogen (secondary N) is 1. The predicted molar refractivity (Wildman–Crippen MR) is 52.0 cm³/mol. The molecule has 0 heterocycles. The molecule has 0 aliphatic carbocycles. The number of carbonyl (C=O) groups excluding carboxylic acids is 1. The van der Waals surface area contributed by atoms with Crippen LogP contribution in [0, 0.1) is 4.78 Å². The van der Waals surface area contributed by atoms with Gasteiger partial charge in [0.15, 0.2) is 0 Å². The van der Waals surface area contributed by atoms with Crippen LogP contribution in [0.25, 0.3) is 6.08 Å². The summed E-state index contributed by atoms with van der Waals surface area (Å²) < 4.78 is 6.75. The standard InChI is InChI=1S/C9H9NOS/c10-12-9(11)7-6-8-4-2-1-3-5-8/h1-7,10,12H. The van der Waals surface area contributed by atoms with Crippen LogP contribution in [-0.2, 0) is 16.4 Å². The molecule has 0 fully saturated rings. The number of carbonyl (C=O) groups is 1. The van der Waals surface area contributed by atoms with Crippen molar-refractivity contribution < 1.29 is 4.79 Å². The van der Waals surface area contributed by atoms with E-state index in [0.29, 0.717) is 0 Å². The molecule has 62 valence electrons. The molecule has 0 radical (unpaired) electrons. The minimum absolute atomic E-state index is 0.0379. The summed E-state index contributed by atoms with van der Waals surface area (Å²) in [6.45, 7) is 0. The predicted octanol–water partition coefficient (Wildman–Crippen LogP) is 1.80. The zero-order valence-electron chi connectivity index (χ0n) is 6.40. The first-order valence-corrected chi connectivity index (χ1v) is 4.37. The van der Waals surface area contributed by atoms with Crippen LogP contribution >= 0.6 is 0 Å². The molecule has 0 saturated heterocycles. The maximum Gasteiger partial charge on any atom is 0.219 e. The highest BCUT2D eigenvalue weighted by Crippen LogP contribution is 2.00. The Morgan fingerprint density at radius 1 is 1.33 bits per heavy atom. The first-order chi connectivity index (χ1) is 5.83. The zero-order valence-corrected chi connectivity index (χ0v) is 7.29. The minimum atomic E-state index is -0.196. The fraction of sp³-hybridized carbons (Fsp3) is 0. The lowest BCUT2D eigenvalue weighted by atomic mass is 10.2. The quantitative estimate of drug-likeness (QED) is 0.527. The van der Waals surface area contributed by atoms with Gasteiger partial charge in [0.2, 0.25) is 5.12 Å². The van der Waals surface area contributed by atoms with Gasteiger partial charge in [-0.15, -0.1) is 0 Å². The number of hydrogen-bond donors (Lipinski definition) is 2. The topological polar surface area (TPSA) is 40.9 Å². The third-order valence-electron chi connectivity index (χ3n) is 1.33. The second-order valence-corrected chi connectivity index (χ2v) is 2.86. The number of rotatable bonds is 2. The highest BCUT2D eigenvalue weighted by molar-refractivity contribution is 7.84. The Balaban J connectivity index is 2.70. The van der Waals surface area contributed by atoms with Crippen molar-refractivity contribution in [3.63, 3.8) is 0 Å². The Morgan fingerprint density at radius 2 is 2.00 bits per heavy atom. The molecule has 1 rings (SSSR count). The second kappa shape index (κ2) is 4.62. The molecule has 0 amide bonds. The van der Waals surface area contributed by atoms with E-state index in [2.05, 4.69) is 0 Å². The summed E-state index contributed by atoms with van der Waals surface area (Å²) in [5.41, 5.74) is 0.981. The van der Waals surface area contributed by atoms with E-state index in [4.69, 9.17) is 4.78 Å². The smallest absolute Gasteiger partial charge is 0.219 e. The van der Waals surface area contributed by atoms with Crippen molar-refractivity contribution in [1.82, 2.24) is 0 Å². The van der Waals surface area contributed by atoms with Crippen molar-refractivity contribution in [2.45, 2.75) is 0 Å². The van der Waals surface area contributed by atoms with Gasteiger partial charge in [0, 0.05) is 0 Å². The third kappa shape index (κ3) is 2.80. The first kappa shape index (κ1) is 8.87. The molecule has 1 aromatic carbocycles. The third-order valence-corrected chi connectivity index (χ3v) is 1.70. The maximum atomic E-state index is 10.7. The minimum Gasteiger partial charge on any atom is -0.282 e. The van der Waals surface area contributed by atoms with Gasteiger partial charge in [0.1, 0.15) is 0 Å². The van der Waals surface area contributed by atoms with Gasteiger partial charge < -0.3 is 0 Å². The summed E-state index contributed by atoms with van der Waals surface area (Å²) in [5, 5.41) is -0.196. The lowest BCUT2D eigenvalue weighted by Gasteiger charge is -1.88. The summed E-state index contributed by atoms with van der Waals surface area (Å²) in [6.07, 6.45) is 3.13. The summed E-state index contributed by atoms with van der Waals surface area (Å²) in [5.74, 6) is 0. The van der Waals surface area contributed by atoms with Crippen LogP contribution in [0.15, 0.2) is 36.4 Å². The monoisotopic (exact) mass is 179 g/mol. The molecular formula is C9H9NOS. The Hall–Kier alpha value is -1.22. The summed E-state index contributed by atoms with van der Waals surface area (Å²) >= 11 is 0.0379. The van der Waals surface area contributed by atoms with Gasteiger partial charge >= 0.3 is 0 Å². The Labute approximate surface area is 74.8 Å². The van der Waals surface area contributed by atoms with E-state index in [-0.39, 0.29) is 16.7 Å². The number of hydrogen-bond acceptors (Lipinski definition) is 2. The normalized spacial score (nSPS) is 10.3. The zero-order chi connectivity index (χ0) is 8.81. The highest BCUT2D eigenvalue weighted by atomic mass is 32.1. The van der Waals surface area contributed by atoms with E-state index >= 15 is 0 Å². The first-order valence-electron chi connectivity index (χ1n) is 3.47. The maximum absolute atomic E-state index is 10.7. The Bertz CT molecular complexity index is 306. The Kier molecular flexibility index (Phi) is 3.41. The van der Waals surface area contributed by atoms with E-state index < -0.39 is 0 Å². The van der Waals surface area contributed by atoms with Gasteiger partial charge in [-0.25, -0.2) is 0 Å². The van der Waals surface area contributed by atoms with E-state index in [1.807, 2.05) is 30.3 Å². The second-order valence-electron chi connectivity index (χ2n) is 2.19. The van der Waals surface area contributed by atoms with Crippen LogP contribution in [-0.4, -0.2) is 5.12 Å². The average molecular weight is 179 g/mol. The van der Waals surface area contributed by atoms with Gasteiger partial charge in [-0.05, 0) is 23.2 Å². The van der Waals surface area contributed by atoms with Gasteiger partial charge in [-0.1, -0.05) is 36.4 Å². The molecule has 1 N–H and O–H groups in total. The fourth-order valence-electron chi connectivity index (χ4n) is 0.769. The van der Waals surface area contributed by atoms with E-state index in [1.165, 1.54) is 6.08 Å². The van der Waals surface area contributed by atoms with E-state index in [0.717, 1.165) is 5.56 Å². The lowest BCUT2D eigenvalue weighted by Crippen LogP contribution is -1.84. The van der Waals surface area contributed by atoms with Crippen molar-refractivity contribution in [2.75, 3.05) is 0 Å². The van der Waals surface area contributed by atoms with E-state index in [9.17, 15) is 4.79 Å². The van der Waals surface area contributed by atoms with Crippen molar-refractivity contribution in [2.24, 2.45) is 0 Å². The molecule has 0 aromatic heterocycles. The van der Waals surface area contributed by atoms with Gasteiger partial charge in [-0.3, -0.25) is 9.57 Å². The van der Waals surface area contributed by atoms with Crippen LogP contribution < -0.4 is 0 Å². The van der Waals surface area contributed by atoms with Crippen LogP contribution in [0.4, 0.5) is 0 Å². The highest BCUT2D eigenvalue weighted by Gasteiger charge is 1.86. The fourth-order valence-corrected chi connectivity index (χ4v) is 0.918. The molecule has 3 heteroatoms. The molecule has 1 aromatic rings. The molecule has 0 unspecified atom stereocenters. The van der Waals surface area contributed by atoms with Crippen LogP contribution in [0.5, 0.6) is 0 Å². The van der Waals surface area contributed by atoms with Gasteiger partial charge in [0.05, 0.1) is 0 Å². The molecule has 0 aliphatic heterocycles. The number of benzene rings is 1. The Morgan fingerprint density at radius 3 is 2.58 bits per heavy atom. The van der Waals surface area contributed by atoms with Gasteiger partial charge in [0.25, 0.3) is 0 Å². The van der Waals surface area contributed by atoms with Crippen molar-refractivity contribution in [3.05, 3.63) is 42.0 Å². The molecule has 0 atom stereocenters. The summed E-state index contributed by atoms with van der Waals surface area (Å²) in [4.78, 5) is 10.7. The molecule has 12 heavy (non-hydrogen) atoms. The van der Waals surface area contributed by atoms with Crippen molar-refractivity contribution in [3.8, 4) is 0 Å². The number of thiol groups is 1. The van der Waals surface area contributed by atoms with Crippen molar-refractivity contribution >= 4 is 22.7 Å². The van der Waals surface area contributed by atoms with Crippen LogP contribution in [0.2, 0.25) is 0 Å². The molecule has 0 saturated carbocycles. The van der Waals surface area contributed by atoms with Crippen LogP contribution in [0.1, 0.15) is 5.56 Å². The summed E-state index contributed by atoms with van der Waals surface area (Å²) in [6, 6.07) is 9.54. The molecule has 2 nitrogen and oxygen atoms in total. The summed E-state index contributed by atoms with van der Waals surface area (Å²) in [7, 11) is 0. The molecular weight excluding hydrogens is 170 g/mol. The van der Waals surface area contributed by atoms with Crippen molar-refractivity contribution in [1.29, 1.82) is 4.78 Å². The molecule has 0 bridgehead atoms. The average Bonchev–Trinajstić information content (AvgIpc) is 2.16. The van der Waals surface area contributed by atoms with E-state index in [1.54, 1.807) is 6.08 Å². The molecule has 0 spiro atoms. The molecule has 0 aliphatic rings. The lowest BCUT2D eigenvalue weighted by molar-refractivity contribution is -0.107.